The van der Waals surface area contributed by atoms with Crippen molar-refractivity contribution in [3.63, 3.8) is 0 Å². The highest BCUT2D eigenvalue weighted by molar-refractivity contribution is 6.43. The van der Waals surface area contributed by atoms with Crippen LogP contribution in [0, 0.1) is 11.8 Å². The Kier molecular flexibility index (Phi) is 6.27. The van der Waals surface area contributed by atoms with Gasteiger partial charge in [0, 0.05) is 45.1 Å². The van der Waals surface area contributed by atoms with Crippen LogP contribution in [0.15, 0.2) is 18.2 Å². The standard InChI is InChI=1S/C19H23Cl2N3O3/c1-12-11-14(12)18(26)22-6-5-16(25)23-7-9-24(10-8-23)19(27)13-3-2-4-15(20)17(13)21/h2-4,12,14H,5-11H2,1H3,(H,22,26)/t12-,14+/m0/s1. The third kappa shape index (κ3) is 4.74. The van der Waals surface area contributed by atoms with E-state index in [1.165, 1.54) is 0 Å². The molecule has 0 spiro atoms. The molecule has 3 rings (SSSR count). The molecule has 27 heavy (non-hydrogen) atoms. The second-order valence-electron chi connectivity index (χ2n) is 7.13. The van der Waals surface area contributed by atoms with E-state index in [-0.39, 0.29) is 35.1 Å². The third-order valence-electron chi connectivity index (χ3n) is 5.19. The molecule has 2 aliphatic rings. The van der Waals surface area contributed by atoms with Gasteiger partial charge in [-0.05, 0) is 24.5 Å². The Morgan fingerprint density at radius 1 is 1.11 bits per heavy atom. The van der Waals surface area contributed by atoms with Gasteiger partial charge in [-0.3, -0.25) is 14.4 Å². The van der Waals surface area contributed by atoms with Crippen molar-refractivity contribution in [2.45, 2.75) is 19.8 Å². The molecule has 0 aromatic heterocycles. The summed E-state index contributed by atoms with van der Waals surface area (Å²) in [6.07, 6.45) is 1.22. The number of amides is 3. The fraction of sp³-hybridized carbons (Fsp3) is 0.526. The molecule has 146 valence electrons. The lowest BCUT2D eigenvalue weighted by Crippen LogP contribution is -2.51. The summed E-state index contributed by atoms with van der Waals surface area (Å²) in [6, 6.07) is 4.98. The first kappa shape index (κ1) is 20.0. The number of hydrogen-bond acceptors (Lipinski definition) is 3. The van der Waals surface area contributed by atoms with E-state index >= 15 is 0 Å². The number of rotatable bonds is 5. The second-order valence-corrected chi connectivity index (χ2v) is 7.92. The van der Waals surface area contributed by atoms with E-state index in [0.717, 1.165) is 6.42 Å². The van der Waals surface area contributed by atoms with E-state index in [4.69, 9.17) is 23.2 Å². The molecule has 1 aromatic rings. The van der Waals surface area contributed by atoms with E-state index in [9.17, 15) is 14.4 Å². The Balaban J connectivity index is 1.44. The molecule has 0 radical (unpaired) electrons. The minimum Gasteiger partial charge on any atom is -0.355 e. The molecule has 1 aromatic carbocycles. The van der Waals surface area contributed by atoms with E-state index in [1.807, 2.05) is 6.92 Å². The molecule has 1 heterocycles. The van der Waals surface area contributed by atoms with Crippen LogP contribution in [0.3, 0.4) is 0 Å². The third-order valence-corrected chi connectivity index (χ3v) is 6.00. The predicted octanol–water partition coefficient (Wildman–Crippen LogP) is 2.44. The zero-order chi connectivity index (χ0) is 19.6. The van der Waals surface area contributed by atoms with Crippen molar-refractivity contribution in [3.8, 4) is 0 Å². The van der Waals surface area contributed by atoms with Crippen LogP contribution in [-0.4, -0.2) is 60.2 Å². The van der Waals surface area contributed by atoms with Gasteiger partial charge in [-0.15, -0.1) is 0 Å². The van der Waals surface area contributed by atoms with Gasteiger partial charge in [0.15, 0.2) is 0 Å². The molecular formula is C19H23Cl2N3O3. The van der Waals surface area contributed by atoms with Crippen molar-refractivity contribution in [2.75, 3.05) is 32.7 Å². The average molecular weight is 412 g/mol. The molecule has 1 aliphatic heterocycles. The fourth-order valence-electron chi connectivity index (χ4n) is 3.27. The summed E-state index contributed by atoms with van der Waals surface area (Å²) in [5, 5.41) is 3.43. The molecule has 6 nitrogen and oxygen atoms in total. The van der Waals surface area contributed by atoms with Crippen LogP contribution >= 0.6 is 23.2 Å². The Labute approximate surface area is 168 Å². The lowest BCUT2D eigenvalue weighted by atomic mass is 10.1. The van der Waals surface area contributed by atoms with Crippen LogP contribution in [0.2, 0.25) is 10.0 Å². The van der Waals surface area contributed by atoms with E-state index < -0.39 is 0 Å². The molecule has 3 amide bonds. The van der Waals surface area contributed by atoms with Crippen molar-refractivity contribution in [2.24, 2.45) is 11.8 Å². The predicted molar refractivity (Wildman–Crippen MR) is 104 cm³/mol. The van der Waals surface area contributed by atoms with Crippen molar-refractivity contribution in [3.05, 3.63) is 33.8 Å². The molecule has 1 aliphatic carbocycles. The van der Waals surface area contributed by atoms with Gasteiger partial charge < -0.3 is 15.1 Å². The number of halogens is 2. The average Bonchev–Trinajstić information content (AvgIpc) is 3.40. The Morgan fingerprint density at radius 2 is 1.74 bits per heavy atom. The highest BCUT2D eigenvalue weighted by atomic mass is 35.5. The highest BCUT2D eigenvalue weighted by Gasteiger charge is 2.38. The summed E-state index contributed by atoms with van der Waals surface area (Å²) in [5.41, 5.74) is 0.376. The molecule has 2 atom stereocenters. The molecule has 1 saturated carbocycles. The van der Waals surface area contributed by atoms with Gasteiger partial charge in [-0.2, -0.15) is 0 Å². The zero-order valence-electron chi connectivity index (χ0n) is 15.2. The normalized spacial score (nSPS) is 21.7. The number of piperazine rings is 1. The van der Waals surface area contributed by atoms with Crippen LogP contribution < -0.4 is 5.32 Å². The Morgan fingerprint density at radius 3 is 2.37 bits per heavy atom. The maximum Gasteiger partial charge on any atom is 0.255 e. The first-order valence-electron chi connectivity index (χ1n) is 9.17. The van der Waals surface area contributed by atoms with Gasteiger partial charge in [-0.1, -0.05) is 36.2 Å². The lowest BCUT2D eigenvalue weighted by molar-refractivity contribution is -0.132. The maximum atomic E-state index is 12.6. The largest absolute Gasteiger partial charge is 0.355 e. The Bertz CT molecular complexity index is 748. The summed E-state index contributed by atoms with van der Waals surface area (Å²) in [5.74, 6) is 0.434. The summed E-state index contributed by atoms with van der Waals surface area (Å²) in [7, 11) is 0. The molecular weight excluding hydrogens is 389 g/mol. The number of carbonyl (C=O) groups excluding carboxylic acids is 3. The summed E-state index contributed by atoms with van der Waals surface area (Å²) in [4.78, 5) is 40.1. The summed E-state index contributed by atoms with van der Waals surface area (Å²) < 4.78 is 0. The number of hydrogen-bond donors (Lipinski definition) is 1. The topological polar surface area (TPSA) is 69.7 Å². The monoisotopic (exact) mass is 411 g/mol. The van der Waals surface area contributed by atoms with Crippen molar-refractivity contribution < 1.29 is 14.4 Å². The molecule has 0 bridgehead atoms. The van der Waals surface area contributed by atoms with Crippen LogP contribution in [-0.2, 0) is 9.59 Å². The van der Waals surface area contributed by atoms with Crippen LogP contribution in [0.5, 0.6) is 0 Å². The molecule has 8 heteroatoms. The van der Waals surface area contributed by atoms with E-state index in [1.54, 1.807) is 28.0 Å². The first-order chi connectivity index (χ1) is 12.9. The van der Waals surface area contributed by atoms with Gasteiger partial charge in [0.25, 0.3) is 5.91 Å². The molecule has 1 saturated heterocycles. The maximum absolute atomic E-state index is 12.6. The highest BCUT2D eigenvalue weighted by Crippen LogP contribution is 2.37. The Hall–Kier alpha value is -1.79. The van der Waals surface area contributed by atoms with E-state index in [0.29, 0.717) is 49.2 Å². The first-order valence-corrected chi connectivity index (χ1v) is 9.93. The quantitative estimate of drug-likeness (QED) is 0.808. The number of carbonyl (C=O) groups is 3. The van der Waals surface area contributed by atoms with Gasteiger partial charge in [0.1, 0.15) is 0 Å². The van der Waals surface area contributed by atoms with Crippen LogP contribution in [0.4, 0.5) is 0 Å². The minimum atomic E-state index is -0.180. The van der Waals surface area contributed by atoms with Crippen LogP contribution in [0.25, 0.3) is 0 Å². The molecule has 0 unspecified atom stereocenters. The van der Waals surface area contributed by atoms with Gasteiger partial charge in [-0.25, -0.2) is 0 Å². The van der Waals surface area contributed by atoms with Gasteiger partial charge >= 0.3 is 0 Å². The van der Waals surface area contributed by atoms with Crippen molar-refractivity contribution >= 4 is 40.9 Å². The smallest absolute Gasteiger partial charge is 0.255 e. The van der Waals surface area contributed by atoms with Gasteiger partial charge in [0.05, 0.1) is 15.6 Å². The summed E-state index contributed by atoms with van der Waals surface area (Å²) >= 11 is 12.1. The fourth-order valence-corrected chi connectivity index (χ4v) is 3.65. The zero-order valence-corrected chi connectivity index (χ0v) is 16.7. The van der Waals surface area contributed by atoms with Gasteiger partial charge in [0.2, 0.25) is 11.8 Å². The summed E-state index contributed by atoms with van der Waals surface area (Å²) in [6.45, 7) is 4.23. The van der Waals surface area contributed by atoms with Crippen molar-refractivity contribution in [1.29, 1.82) is 0 Å². The number of benzene rings is 1. The number of nitrogens with one attached hydrogen (secondary N) is 1. The molecule has 2 fully saturated rings. The van der Waals surface area contributed by atoms with E-state index in [2.05, 4.69) is 5.32 Å². The minimum absolute atomic E-state index is 0.00738. The second kappa shape index (κ2) is 8.48. The molecule has 1 N–H and O–H groups in total. The lowest BCUT2D eigenvalue weighted by Gasteiger charge is -2.35. The van der Waals surface area contributed by atoms with Crippen molar-refractivity contribution in [1.82, 2.24) is 15.1 Å². The SMILES string of the molecule is C[C@H]1C[C@H]1C(=O)NCCC(=O)N1CCN(C(=O)c2cccc(Cl)c2Cl)CC1. The van der Waals surface area contributed by atoms with Crippen LogP contribution in [0.1, 0.15) is 30.1 Å². The number of nitrogens with zero attached hydrogens (tertiary/aromatic N) is 2.